The van der Waals surface area contributed by atoms with Crippen LogP contribution in [0.25, 0.3) is 0 Å². The van der Waals surface area contributed by atoms with Gasteiger partial charge in [-0.25, -0.2) is 0 Å². The normalized spacial score (nSPS) is 19.6. The monoisotopic (exact) mass is 551 g/mol. The summed E-state index contributed by atoms with van der Waals surface area (Å²) in [7, 11) is 0. The Morgan fingerprint density at radius 1 is 1.13 bits per heavy atom. The summed E-state index contributed by atoms with van der Waals surface area (Å²) in [6.45, 7) is 2.40. The minimum Gasteiger partial charge on any atom is -0.395 e. The second-order valence-electron chi connectivity index (χ2n) is 9.26. The fourth-order valence-electron chi connectivity index (χ4n) is 3.99. The van der Waals surface area contributed by atoms with E-state index in [0.29, 0.717) is 13.0 Å². The molecule has 0 saturated carbocycles. The molecule has 3 amide bonds. The molecule has 0 bridgehead atoms. The summed E-state index contributed by atoms with van der Waals surface area (Å²) < 4.78 is 76.2. The molecule has 3 atom stereocenters. The van der Waals surface area contributed by atoms with Gasteiger partial charge in [-0.1, -0.05) is 13.8 Å². The molecule has 3 N–H and O–H groups in total. The lowest BCUT2D eigenvalue weighted by Gasteiger charge is -2.25. The third-order valence-electron chi connectivity index (χ3n) is 5.76. The van der Waals surface area contributed by atoms with Crippen molar-refractivity contribution in [1.82, 2.24) is 16.0 Å². The molecule has 0 spiro atoms. The number of hydrogen-bond acceptors (Lipinski definition) is 7. The van der Waals surface area contributed by atoms with Crippen molar-refractivity contribution in [3.8, 4) is 11.5 Å². The zero-order chi connectivity index (χ0) is 28.3. The predicted molar refractivity (Wildman–Crippen MR) is 118 cm³/mol. The highest BCUT2D eigenvalue weighted by Gasteiger charge is 2.43. The summed E-state index contributed by atoms with van der Waals surface area (Å²) >= 11 is 0. The van der Waals surface area contributed by atoms with Crippen molar-refractivity contribution < 1.29 is 55.3 Å². The van der Waals surface area contributed by atoms with E-state index in [2.05, 4.69) is 30.2 Å². The van der Waals surface area contributed by atoms with Crippen LogP contribution in [-0.4, -0.2) is 61.4 Å². The lowest BCUT2D eigenvalue weighted by Crippen LogP contribution is -2.53. The number of benzene rings is 1. The third kappa shape index (κ3) is 8.00. The van der Waals surface area contributed by atoms with E-state index in [9.17, 15) is 41.1 Å². The quantitative estimate of drug-likeness (QED) is 0.360. The van der Waals surface area contributed by atoms with E-state index in [1.807, 2.05) is 0 Å². The topological polar surface area (TPSA) is 132 Å². The van der Waals surface area contributed by atoms with Crippen molar-refractivity contribution in [2.24, 2.45) is 11.8 Å². The SMILES string of the molecule is CC(C)C[C@H](NC(=O)c1ccc2c(c1)OC(F)(F)O2)C(=O)N[C@@H](C[C@@H]1CCNC1=O)C(=O)COC(F)(F)F. The summed E-state index contributed by atoms with van der Waals surface area (Å²) in [6.07, 6.45) is -8.88. The van der Waals surface area contributed by atoms with Crippen LogP contribution in [0, 0.1) is 11.8 Å². The smallest absolute Gasteiger partial charge is 0.395 e. The number of alkyl halides is 5. The van der Waals surface area contributed by atoms with Crippen LogP contribution in [0.5, 0.6) is 11.5 Å². The standard InChI is InChI=1S/C23H26F5N3O7/c1-11(2)7-15(31-20(34)12-3-4-17-18(9-12)38-23(27,28)37-17)21(35)30-14(8-13-5-6-29-19(13)33)16(32)10-36-22(24,25)26/h3-4,9,11,13-15H,5-8,10H2,1-2H3,(H,29,33)(H,30,35)(H,31,34)/t13-,14-,15-/m0/s1. The number of ether oxygens (including phenoxy) is 3. The average Bonchev–Trinajstić information content (AvgIpc) is 3.35. The molecule has 2 heterocycles. The summed E-state index contributed by atoms with van der Waals surface area (Å²) in [5, 5.41) is 7.33. The molecule has 3 rings (SSSR count). The average molecular weight is 551 g/mol. The summed E-state index contributed by atoms with van der Waals surface area (Å²) in [6, 6.07) is 0.492. The maximum Gasteiger partial charge on any atom is 0.586 e. The Labute approximate surface area is 213 Å². The molecule has 0 aliphatic carbocycles. The zero-order valence-corrected chi connectivity index (χ0v) is 20.3. The van der Waals surface area contributed by atoms with Gasteiger partial charge in [0.1, 0.15) is 12.6 Å². The Bertz CT molecular complexity index is 1080. The third-order valence-corrected chi connectivity index (χ3v) is 5.76. The molecule has 210 valence electrons. The second-order valence-corrected chi connectivity index (χ2v) is 9.26. The molecule has 2 aliphatic heterocycles. The minimum absolute atomic E-state index is 0.0596. The van der Waals surface area contributed by atoms with E-state index in [-0.39, 0.29) is 30.1 Å². The second kappa shape index (κ2) is 11.5. The van der Waals surface area contributed by atoms with Crippen LogP contribution in [0.1, 0.15) is 43.5 Å². The molecule has 0 unspecified atom stereocenters. The highest BCUT2D eigenvalue weighted by atomic mass is 19.4. The zero-order valence-electron chi connectivity index (χ0n) is 20.3. The van der Waals surface area contributed by atoms with Gasteiger partial charge in [-0.15, -0.1) is 22.0 Å². The first-order chi connectivity index (χ1) is 17.6. The van der Waals surface area contributed by atoms with Crippen molar-refractivity contribution in [3.05, 3.63) is 23.8 Å². The minimum atomic E-state index is -5.09. The van der Waals surface area contributed by atoms with Crippen LogP contribution < -0.4 is 25.4 Å². The Morgan fingerprint density at radius 2 is 1.82 bits per heavy atom. The van der Waals surface area contributed by atoms with Crippen LogP contribution in [0.4, 0.5) is 22.0 Å². The van der Waals surface area contributed by atoms with Crippen molar-refractivity contribution in [3.63, 3.8) is 0 Å². The van der Waals surface area contributed by atoms with E-state index in [1.54, 1.807) is 13.8 Å². The van der Waals surface area contributed by atoms with Crippen LogP contribution in [0.3, 0.4) is 0 Å². The molecule has 2 aliphatic rings. The van der Waals surface area contributed by atoms with E-state index in [4.69, 9.17) is 0 Å². The number of fused-ring (bicyclic) bond motifs is 1. The fourth-order valence-corrected chi connectivity index (χ4v) is 3.99. The maximum atomic E-state index is 13.3. The highest BCUT2D eigenvalue weighted by molar-refractivity contribution is 5.99. The number of carbonyl (C=O) groups excluding carboxylic acids is 4. The lowest BCUT2D eigenvalue weighted by molar-refractivity contribution is -0.321. The Kier molecular flexibility index (Phi) is 8.79. The first kappa shape index (κ1) is 29.1. The number of nitrogens with one attached hydrogen (secondary N) is 3. The number of hydrogen-bond donors (Lipinski definition) is 3. The van der Waals surface area contributed by atoms with Crippen LogP contribution in [0.15, 0.2) is 18.2 Å². The van der Waals surface area contributed by atoms with Gasteiger partial charge in [-0.05, 0) is 43.4 Å². The number of ketones is 1. The van der Waals surface area contributed by atoms with Crippen LogP contribution >= 0.6 is 0 Å². The number of rotatable bonds is 11. The largest absolute Gasteiger partial charge is 0.586 e. The van der Waals surface area contributed by atoms with Crippen LogP contribution in [0.2, 0.25) is 0 Å². The predicted octanol–water partition coefficient (Wildman–Crippen LogP) is 2.27. The van der Waals surface area contributed by atoms with E-state index in [1.165, 1.54) is 6.07 Å². The first-order valence-corrected chi connectivity index (χ1v) is 11.7. The van der Waals surface area contributed by atoms with Gasteiger partial charge in [0.2, 0.25) is 11.8 Å². The Balaban J connectivity index is 1.74. The van der Waals surface area contributed by atoms with Gasteiger partial charge in [0.25, 0.3) is 5.91 Å². The van der Waals surface area contributed by atoms with Crippen molar-refractivity contribution in [2.45, 2.75) is 57.9 Å². The van der Waals surface area contributed by atoms with E-state index < -0.39 is 66.5 Å². The fraction of sp³-hybridized carbons (Fsp3) is 0.565. The van der Waals surface area contributed by atoms with Gasteiger partial charge in [-0.3, -0.25) is 23.9 Å². The highest BCUT2D eigenvalue weighted by Crippen LogP contribution is 2.41. The maximum absolute atomic E-state index is 13.3. The van der Waals surface area contributed by atoms with Crippen LogP contribution in [-0.2, 0) is 19.1 Å². The first-order valence-electron chi connectivity index (χ1n) is 11.7. The Morgan fingerprint density at radius 3 is 2.42 bits per heavy atom. The molecule has 38 heavy (non-hydrogen) atoms. The van der Waals surface area contributed by atoms with Crippen molar-refractivity contribution >= 4 is 23.5 Å². The molecular formula is C23H26F5N3O7. The molecule has 1 aromatic carbocycles. The summed E-state index contributed by atoms with van der Waals surface area (Å²) in [5.41, 5.74) is -0.138. The molecule has 0 radical (unpaired) electrons. The van der Waals surface area contributed by atoms with Gasteiger partial charge in [0, 0.05) is 18.0 Å². The number of halogens is 5. The molecule has 15 heteroatoms. The Hall–Kier alpha value is -3.49. The van der Waals surface area contributed by atoms with Gasteiger partial charge in [-0.2, -0.15) is 0 Å². The van der Waals surface area contributed by atoms with Gasteiger partial charge >= 0.3 is 12.7 Å². The van der Waals surface area contributed by atoms with Crippen molar-refractivity contribution in [2.75, 3.05) is 13.2 Å². The van der Waals surface area contributed by atoms with E-state index >= 15 is 0 Å². The van der Waals surface area contributed by atoms with Gasteiger partial charge in [0.05, 0.1) is 6.04 Å². The molecule has 10 nitrogen and oxygen atoms in total. The molecule has 0 aromatic heterocycles. The molecule has 1 saturated heterocycles. The molecule has 1 aromatic rings. The van der Waals surface area contributed by atoms with Gasteiger partial charge in [0.15, 0.2) is 17.3 Å². The lowest BCUT2D eigenvalue weighted by atomic mass is 9.95. The van der Waals surface area contributed by atoms with Crippen molar-refractivity contribution in [1.29, 1.82) is 0 Å². The van der Waals surface area contributed by atoms with Gasteiger partial charge < -0.3 is 25.4 Å². The van der Waals surface area contributed by atoms with E-state index in [0.717, 1.165) is 12.1 Å². The number of Topliss-reactive ketones (excluding diaryl/α,β-unsaturated/α-hetero) is 1. The summed E-state index contributed by atoms with van der Waals surface area (Å²) in [5.74, 6) is -4.81. The number of carbonyl (C=O) groups is 4. The molecule has 1 fully saturated rings. The summed E-state index contributed by atoms with van der Waals surface area (Å²) in [4.78, 5) is 50.4. The molecular weight excluding hydrogens is 525 g/mol. The number of amides is 3.